The van der Waals surface area contributed by atoms with Crippen molar-refractivity contribution in [2.75, 3.05) is 11.4 Å². The minimum Gasteiger partial charge on any atom is -0.312 e. The van der Waals surface area contributed by atoms with Crippen molar-refractivity contribution in [1.29, 1.82) is 0 Å². The summed E-state index contributed by atoms with van der Waals surface area (Å²) in [5.41, 5.74) is 3.82. The second-order valence-corrected chi connectivity index (χ2v) is 7.24. The molecule has 0 saturated heterocycles. The van der Waals surface area contributed by atoms with Crippen LogP contribution in [0, 0.1) is 5.92 Å². The van der Waals surface area contributed by atoms with Crippen molar-refractivity contribution in [1.82, 2.24) is 0 Å². The molecule has 2 rings (SSSR count). The van der Waals surface area contributed by atoms with Crippen molar-refractivity contribution in [3.8, 4) is 0 Å². The van der Waals surface area contributed by atoms with Crippen molar-refractivity contribution in [2.45, 2.75) is 51.3 Å². The summed E-state index contributed by atoms with van der Waals surface area (Å²) in [6.07, 6.45) is 4.47. The van der Waals surface area contributed by atoms with Crippen LogP contribution in [0.5, 0.6) is 0 Å². The van der Waals surface area contributed by atoms with E-state index in [1.165, 1.54) is 24.0 Å². The van der Waals surface area contributed by atoms with Gasteiger partial charge in [-0.2, -0.15) is 0 Å². The maximum absolute atomic E-state index is 12.2. The van der Waals surface area contributed by atoms with Crippen LogP contribution in [0.2, 0.25) is 0 Å². The van der Waals surface area contributed by atoms with E-state index in [1.54, 1.807) is 0 Å². The lowest BCUT2D eigenvalue weighted by Crippen LogP contribution is -2.32. The van der Waals surface area contributed by atoms with Gasteiger partial charge in [-0.05, 0) is 36.5 Å². The van der Waals surface area contributed by atoms with Gasteiger partial charge in [-0.1, -0.05) is 55.3 Å². The van der Waals surface area contributed by atoms with E-state index in [0.717, 1.165) is 25.1 Å². The average molecular weight is 338 g/mol. The summed E-state index contributed by atoms with van der Waals surface area (Å²) in [5, 5.41) is 0. The highest BCUT2D eigenvalue weighted by atomic mass is 79.9. The Morgan fingerprint density at radius 2 is 2.15 bits per heavy atom. The Morgan fingerprint density at radius 3 is 2.80 bits per heavy atom. The van der Waals surface area contributed by atoms with Crippen LogP contribution in [-0.4, -0.2) is 17.3 Å². The number of carbonyl (C=O) groups is 1. The Bertz CT molecular complexity index is 484. The fourth-order valence-electron chi connectivity index (χ4n) is 2.79. The molecule has 1 heterocycles. The van der Waals surface area contributed by atoms with Crippen LogP contribution in [-0.2, 0) is 17.6 Å². The lowest BCUT2D eigenvalue weighted by atomic mass is 10.0. The van der Waals surface area contributed by atoms with Crippen molar-refractivity contribution in [3.05, 3.63) is 29.3 Å². The lowest BCUT2D eigenvalue weighted by Gasteiger charge is -2.20. The van der Waals surface area contributed by atoms with Crippen molar-refractivity contribution >= 4 is 27.5 Å². The Kier molecular flexibility index (Phi) is 5.25. The molecule has 1 atom stereocenters. The number of halogens is 1. The first kappa shape index (κ1) is 15.6. The molecule has 0 N–H and O–H groups in total. The molecule has 1 aromatic carbocycles. The monoisotopic (exact) mass is 337 g/mol. The van der Waals surface area contributed by atoms with Crippen LogP contribution in [0.4, 0.5) is 5.69 Å². The number of benzene rings is 1. The van der Waals surface area contributed by atoms with E-state index in [0.29, 0.717) is 4.83 Å². The van der Waals surface area contributed by atoms with Crippen LogP contribution in [0.1, 0.15) is 44.7 Å². The maximum Gasteiger partial charge on any atom is 0.229 e. The summed E-state index contributed by atoms with van der Waals surface area (Å²) in [7, 11) is 0. The van der Waals surface area contributed by atoms with E-state index >= 15 is 0 Å². The van der Waals surface area contributed by atoms with Gasteiger partial charge < -0.3 is 4.90 Å². The van der Waals surface area contributed by atoms with Crippen LogP contribution in [0.25, 0.3) is 0 Å². The Hall–Kier alpha value is -0.830. The van der Waals surface area contributed by atoms with Gasteiger partial charge >= 0.3 is 0 Å². The summed E-state index contributed by atoms with van der Waals surface area (Å²) in [6.45, 7) is 6.98. The summed E-state index contributed by atoms with van der Waals surface area (Å²) in [6, 6.07) is 6.59. The SMILES string of the molecule is CCCC(Br)Cc1ccc2c(c1)CCN2C(=O)C(C)C. The Balaban J connectivity index is 2.12. The third-order valence-electron chi connectivity index (χ3n) is 3.86. The number of rotatable bonds is 5. The normalized spacial score (nSPS) is 15.6. The molecule has 0 aromatic heterocycles. The van der Waals surface area contributed by atoms with Gasteiger partial charge in [0, 0.05) is 23.0 Å². The number of alkyl halides is 1. The smallest absolute Gasteiger partial charge is 0.229 e. The van der Waals surface area contributed by atoms with Crippen LogP contribution < -0.4 is 4.90 Å². The summed E-state index contributed by atoms with van der Waals surface area (Å²) in [4.78, 5) is 14.7. The highest BCUT2D eigenvalue weighted by Crippen LogP contribution is 2.31. The van der Waals surface area contributed by atoms with Gasteiger partial charge in [0.2, 0.25) is 5.91 Å². The molecule has 1 unspecified atom stereocenters. The van der Waals surface area contributed by atoms with E-state index in [2.05, 4.69) is 41.1 Å². The first-order valence-electron chi connectivity index (χ1n) is 7.60. The standard InChI is InChI=1S/C17H24BrNO/c1-4-5-15(18)11-13-6-7-16-14(10-13)8-9-19(16)17(20)12(2)3/h6-7,10,12,15H,4-5,8-9,11H2,1-3H3. The lowest BCUT2D eigenvalue weighted by molar-refractivity contribution is -0.121. The molecular formula is C17H24BrNO. The Morgan fingerprint density at radius 1 is 1.40 bits per heavy atom. The first-order valence-corrected chi connectivity index (χ1v) is 8.51. The van der Waals surface area contributed by atoms with Crippen molar-refractivity contribution in [3.63, 3.8) is 0 Å². The Labute approximate surface area is 130 Å². The second-order valence-electron chi connectivity index (χ2n) is 5.95. The van der Waals surface area contributed by atoms with Gasteiger partial charge in [0.1, 0.15) is 0 Å². The number of hydrogen-bond acceptors (Lipinski definition) is 1. The van der Waals surface area contributed by atoms with E-state index < -0.39 is 0 Å². The van der Waals surface area contributed by atoms with Gasteiger partial charge in [0.15, 0.2) is 0 Å². The largest absolute Gasteiger partial charge is 0.312 e. The number of anilines is 1. The van der Waals surface area contributed by atoms with Crippen molar-refractivity contribution < 1.29 is 4.79 Å². The molecule has 0 spiro atoms. The summed E-state index contributed by atoms with van der Waals surface area (Å²) >= 11 is 3.75. The van der Waals surface area contributed by atoms with Gasteiger partial charge in [-0.25, -0.2) is 0 Å². The summed E-state index contributed by atoms with van der Waals surface area (Å²) in [5.74, 6) is 0.304. The van der Waals surface area contributed by atoms with E-state index in [9.17, 15) is 4.79 Å². The second kappa shape index (κ2) is 6.75. The first-order chi connectivity index (χ1) is 9.52. The quantitative estimate of drug-likeness (QED) is 0.732. The fourth-order valence-corrected chi connectivity index (χ4v) is 3.63. The molecular weight excluding hydrogens is 314 g/mol. The molecule has 1 aliphatic rings. The molecule has 3 heteroatoms. The minimum absolute atomic E-state index is 0.0668. The zero-order chi connectivity index (χ0) is 14.7. The zero-order valence-corrected chi connectivity index (χ0v) is 14.2. The molecule has 110 valence electrons. The van der Waals surface area contributed by atoms with Gasteiger partial charge in [0.05, 0.1) is 0 Å². The number of amides is 1. The molecule has 0 fully saturated rings. The van der Waals surface area contributed by atoms with Crippen LogP contribution >= 0.6 is 15.9 Å². The molecule has 2 nitrogen and oxygen atoms in total. The van der Waals surface area contributed by atoms with Crippen LogP contribution in [0.15, 0.2) is 18.2 Å². The van der Waals surface area contributed by atoms with Gasteiger partial charge in [0.25, 0.3) is 0 Å². The molecule has 0 bridgehead atoms. The third-order valence-corrected chi connectivity index (χ3v) is 4.64. The van der Waals surface area contributed by atoms with Gasteiger partial charge in [-0.15, -0.1) is 0 Å². The van der Waals surface area contributed by atoms with E-state index in [1.807, 2.05) is 18.7 Å². The van der Waals surface area contributed by atoms with Gasteiger partial charge in [-0.3, -0.25) is 4.79 Å². The number of hydrogen-bond donors (Lipinski definition) is 0. The van der Waals surface area contributed by atoms with E-state index in [4.69, 9.17) is 0 Å². The highest BCUT2D eigenvalue weighted by molar-refractivity contribution is 9.09. The topological polar surface area (TPSA) is 20.3 Å². The number of nitrogens with zero attached hydrogens (tertiary/aromatic N) is 1. The number of fused-ring (bicyclic) bond motifs is 1. The molecule has 1 aromatic rings. The molecule has 1 aliphatic heterocycles. The molecule has 0 saturated carbocycles. The zero-order valence-electron chi connectivity index (χ0n) is 12.7. The highest BCUT2D eigenvalue weighted by Gasteiger charge is 2.26. The average Bonchev–Trinajstić information content (AvgIpc) is 2.80. The van der Waals surface area contributed by atoms with Crippen molar-refractivity contribution in [2.24, 2.45) is 5.92 Å². The fraction of sp³-hybridized carbons (Fsp3) is 0.588. The van der Waals surface area contributed by atoms with Crippen LogP contribution in [0.3, 0.4) is 0 Å². The molecule has 0 aliphatic carbocycles. The molecule has 20 heavy (non-hydrogen) atoms. The molecule has 1 amide bonds. The number of carbonyl (C=O) groups excluding carboxylic acids is 1. The predicted molar refractivity (Wildman–Crippen MR) is 88.7 cm³/mol. The predicted octanol–water partition coefficient (Wildman–Crippen LogP) is 4.34. The maximum atomic E-state index is 12.2. The minimum atomic E-state index is 0.0668. The summed E-state index contributed by atoms with van der Waals surface area (Å²) < 4.78 is 0. The van der Waals surface area contributed by atoms with E-state index in [-0.39, 0.29) is 11.8 Å². The third kappa shape index (κ3) is 3.43. The molecule has 0 radical (unpaired) electrons.